The van der Waals surface area contributed by atoms with Crippen LogP contribution in [0.15, 0.2) is 29.8 Å². The lowest BCUT2D eigenvalue weighted by Gasteiger charge is -2.12. The minimum atomic E-state index is -3.79. The van der Waals surface area contributed by atoms with Gasteiger partial charge in [0.1, 0.15) is 17.2 Å². The van der Waals surface area contributed by atoms with E-state index in [4.69, 9.17) is 18.9 Å². The van der Waals surface area contributed by atoms with Crippen molar-refractivity contribution < 1.29 is 32.3 Å². The van der Waals surface area contributed by atoms with E-state index in [1.807, 2.05) is 0 Å². The lowest BCUT2D eigenvalue weighted by molar-refractivity contribution is -0.386. The van der Waals surface area contributed by atoms with Crippen molar-refractivity contribution in [3.05, 3.63) is 51.0 Å². The summed E-state index contributed by atoms with van der Waals surface area (Å²) >= 11 is 0. The zero-order valence-electron chi connectivity index (χ0n) is 16.2. The summed E-state index contributed by atoms with van der Waals surface area (Å²) in [6.07, 6.45) is 2.55. The number of aromatic nitrogens is 1. The van der Waals surface area contributed by atoms with E-state index in [0.29, 0.717) is 22.8 Å². The van der Waals surface area contributed by atoms with Crippen LogP contribution in [0.5, 0.6) is 23.1 Å². The van der Waals surface area contributed by atoms with Crippen LogP contribution in [0.3, 0.4) is 0 Å². The highest BCUT2D eigenvalue weighted by molar-refractivity contribution is 7.93. The van der Waals surface area contributed by atoms with Crippen LogP contribution in [0.4, 0.5) is 5.69 Å². The topological polar surface area (TPSA) is 127 Å². The highest BCUT2D eigenvalue weighted by Gasteiger charge is 2.19. The SMILES string of the molecule is COc1cc(OC)c(C=CS(=O)(=O)Cc2cnc(OC)c([N+](=O)[O-])c2)c(OC)c1. The van der Waals surface area contributed by atoms with Crippen LogP contribution in [0, 0.1) is 10.1 Å². The molecule has 11 heteroatoms. The Bertz CT molecular complexity index is 1010. The molecule has 0 bridgehead atoms. The molecule has 0 aliphatic heterocycles. The molecule has 0 fully saturated rings. The standard InChI is InChI=1S/C18H20N2O8S/c1-25-13-8-16(26-2)14(17(9-13)27-3)5-6-29(23,24)11-12-7-15(20(21)22)18(28-4)19-10-12/h5-10H,11H2,1-4H3. The number of ether oxygens (including phenoxy) is 4. The van der Waals surface area contributed by atoms with E-state index in [9.17, 15) is 18.5 Å². The second-order valence-corrected chi connectivity index (χ2v) is 7.57. The van der Waals surface area contributed by atoms with Crippen molar-refractivity contribution in [1.29, 1.82) is 0 Å². The number of nitrogens with zero attached hydrogens (tertiary/aromatic N) is 2. The molecule has 0 N–H and O–H groups in total. The summed E-state index contributed by atoms with van der Waals surface area (Å²) in [5.74, 6) is 0.515. The first-order chi connectivity index (χ1) is 13.7. The van der Waals surface area contributed by atoms with E-state index in [-0.39, 0.29) is 11.4 Å². The predicted molar refractivity (Wildman–Crippen MR) is 105 cm³/mol. The van der Waals surface area contributed by atoms with Crippen LogP contribution >= 0.6 is 0 Å². The van der Waals surface area contributed by atoms with Gasteiger partial charge in [-0.05, 0) is 11.6 Å². The predicted octanol–water partition coefficient (Wildman–Crippen LogP) is 2.61. The van der Waals surface area contributed by atoms with Crippen molar-refractivity contribution >= 4 is 21.6 Å². The number of hydrogen-bond donors (Lipinski definition) is 0. The lowest BCUT2D eigenvalue weighted by Crippen LogP contribution is -2.03. The fourth-order valence-electron chi connectivity index (χ4n) is 2.50. The molecule has 29 heavy (non-hydrogen) atoms. The fraction of sp³-hybridized carbons (Fsp3) is 0.278. The monoisotopic (exact) mass is 424 g/mol. The maximum atomic E-state index is 12.5. The molecule has 0 atom stereocenters. The van der Waals surface area contributed by atoms with Gasteiger partial charge in [0.2, 0.25) is 0 Å². The molecule has 0 saturated heterocycles. The number of benzene rings is 1. The van der Waals surface area contributed by atoms with E-state index in [0.717, 1.165) is 11.5 Å². The molecule has 1 aromatic carbocycles. The Labute approximate surface area is 167 Å². The Morgan fingerprint density at radius 3 is 2.14 bits per heavy atom. The van der Waals surface area contributed by atoms with Gasteiger partial charge < -0.3 is 18.9 Å². The van der Waals surface area contributed by atoms with Gasteiger partial charge in [-0.3, -0.25) is 10.1 Å². The highest BCUT2D eigenvalue weighted by Crippen LogP contribution is 2.35. The van der Waals surface area contributed by atoms with Gasteiger partial charge in [0, 0.05) is 29.8 Å². The molecular formula is C18H20N2O8S. The summed E-state index contributed by atoms with van der Waals surface area (Å²) < 4.78 is 45.5. The molecule has 10 nitrogen and oxygen atoms in total. The summed E-state index contributed by atoms with van der Waals surface area (Å²) in [5.41, 5.74) is 0.136. The third-order valence-electron chi connectivity index (χ3n) is 3.84. The third kappa shape index (κ3) is 5.35. The molecule has 2 aromatic rings. The molecular weight excluding hydrogens is 404 g/mol. The molecule has 1 heterocycles. The Morgan fingerprint density at radius 1 is 1.03 bits per heavy atom. The number of methoxy groups -OCH3 is 4. The van der Waals surface area contributed by atoms with Crippen molar-refractivity contribution in [2.45, 2.75) is 5.75 Å². The average Bonchev–Trinajstić information content (AvgIpc) is 2.71. The molecule has 0 radical (unpaired) electrons. The summed E-state index contributed by atoms with van der Waals surface area (Å²) in [5, 5.41) is 12.1. The highest BCUT2D eigenvalue weighted by atomic mass is 32.2. The van der Waals surface area contributed by atoms with Crippen molar-refractivity contribution in [3.63, 3.8) is 0 Å². The Balaban J connectivity index is 2.36. The Kier molecular flexibility index (Phi) is 6.99. The van der Waals surface area contributed by atoms with Gasteiger partial charge >= 0.3 is 5.69 Å². The van der Waals surface area contributed by atoms with Gasteiger partial charge in [0.15, 0.2) is 9.84 Å². The maximum absolute atomic E-state index is 12.5. The maximum Gasteiger partial charge on any atom is 0.331 e. The lowest BCUT2D eigenvalue weighted by atomic mass is 10.1. The molecule has 1 aromatic heterocycles. The van der Waals surface area contributed by atoms with E-state index in [1.54, 1.807) is 12.1 Å². The van der Waals surface area contributed by atoms with Crippen molar-refractivity contribution in [2.24, 2.45) is 0 Å². The second-order valence-electron chi connectivity index (χ2n) is 5.68. The molecule has 0 aliphatic rings. The summed E-state index contributed by atoms with van der Waals surface area (Å²) in [4.78, 5) is 14.2. The first kappa shape index (κ1) is 22.0. The fourth-order valence-corrected chi connectivity index (χ4v) is 3.56. The minimum Gasteiger partial charge on any atom is -0.496 e. The normalized spacial score (nSPS) is 11.3. The average molecular weight is 424 g/mol. The molecule has 0 spiro atoms. The van der Waals surface area contributed by atoms with Crippen LogP contribution in [-0.2, 0) is 15.6 Å². The van der Waals surface area contributed by atoms with Gasteiger partial charge in [0.25, 0.3) is 5.88 Å². The molecule has 0 aliphatic carbocycles. The van der Waals surface area contributed by atoms with Gasteiger partial charge in [0.05, 0.1) is 44.7 Å². The molecule has 0 unspecified atom stereocenters. The number of hydrogen-bond acceptors (Lipinski definition) is 9. The van der Waals surface area contributed by atoms with Crippen LogP contribution in [-0.4, -0.2) is 46.8 Å². The number of sulfone groups is 1. The Morgan fingerprint density at radius 2 is 1.66 bits per heavy atom. The largest absolute Gasteiger partial charge is 0.496 e. The van der Waals surface area contributed by atoms with E-state index in [1.165, 1.54) is 40.7 Å². The third-order valence-corrected chi connectivity index (χ3v) is 5.13. The zero-order valence-corrected chi connectivity index (χ0v) is 17.1. The number of nitro groups is 1. The first-order valence-corrected chi connectivity index (χ1v) is 9.84. The molecule has 0 saturated carbocycles. The van der Waals surface area contributed by atoms with Gasteiger partial charge in [-0.1, -0.05) is 0 Å². The Hall–Kier alpha value is -3.34. The number of rotatable bonds is 9. The van der Waals surface area contributed by atoms with Gasteiger partial charge in [-0.25, -0.2) is 13.4 Å². The smallest absolute Gasteiger partial charge is 0.331 e. The molecule has 0 amide bonds. The van der Waals surface area contributed by atoms with Crippen LogP contribution in [0.25, 0.3) is 6.08 Å². The second kappa shape index (κ2) is 9.24. The quantitative estimate of drug-likeness (QED) is 0.441. The number of pyridine rings is 1. The first-order valence-electron chi connectivity index (χ1n) is 8.12. The molecule has 2 rings (SSSR count). The van der Waals surface area contributed by atoms with Crippen molar-refractivity contribution in [3.8, 4) is 23.1 Å². The summed E-state index contributed by atoms with van der Waals surface area (Å²) in [7, 11) is 1.80. The zero-order chi connectivity index (χ0) is 21.6. The van der Waals surface area contributed by atoms with Crippen LogP contribution in [0.1, 0.15) is 11.1 Å². The van der Waals surface area contributed by atoms with Crippen LogP contribution < -0.4 is 18.9 Å². The van der Waals surface area contributed by atoms with E-state index >= 15 is 0 Å². The van der Waals surface area contributed by atoms with Gasteiger partial charge in [-0.15, -0.1) is 0 Å². The van der Waals surface area contributed by atoms with Crippen LogP contribution in [0.2, 0.25) is 0 Å². The summed E-state index contributed by atoms with van der Waals surface area (Å²) in [6, 6.07) is 4.29. The van der Waals surface area contributed by atoms with E-state index in [2.05, 4.69) is 4.98 Å². The van der Waals surface area contributed by atoms with Crippen molar-refractivity contribution in [2.75, 3.05) is 28.4 Å². The molecule has 156 valence electrons. The minimum absolute atomic E-state index is 0.149. The van der Waals surface area contributed by atoms with Gasteiger partial charge in [-0.2, -0.15) is 0 Å². The summed E-state index contributed by atoms with van der Waals surface area (Å²) in [6.45, 7) is 0. The van der Waals surface area contributed by atoms with E-state index < -0.39 is 26.2 Å². The van der Waals surface area contributed by atoms with Crippen molar-refractivity contribution in [1.82, 2.24) is 4.98 Å².